The first-order chi connectivity index (χ1) is 6.19. The lowest BCUT2D eigenvalue weighted by molar-refractivity contribution is 0.357. The second kappa shape index (κ2) is 4.61. The highest BCUT2D eigenvalue weighted by atomic mass is 35.5. The van der Waals surface area contributed by atoms with Crippen LogP contribution in [-0.4, -0.2) is 18.2 Å². The number of hydrogen-bond donors (Lipinski definition) is 0. The quantitative estimate of drug-likeness (QED) is 0.678. The first-order valence-corrected chi connectivity index (χ1v) is 4.90. The molecule has 0 radical (unpaired) electrons. The van der Waals surface area contributed by atoms with E-state index >= 15 is 0 Å². The molecule has 1 aliphatic rings. The third-order valence-electron chi connectivity index (χ3n) is 2.52. The number of hydrogen-bond acceptors (Lipinski definition) is 3. The SMILES string of the molecule is CCC(C)C1CC(OC)=NN=C1Cl. The van der Waals surface area contributed by atoms with E-state index in [2.05, 4.69) is 24.1 Å². The highest BCUT2D eigenvalue weighted by molar-refractivity contribution is 6.66. The van der Waals surface area contributed by atoms with Gasteiger partial charge in [-0.05, 0) is 5.92 Å². The van der Waals surface area contributed by atoms with Crippen molar-refractivity contribution in [3.05, 3.63) is 0 Å². The summed E-state index contributed by atoms with van der Waals surface area (Å²) in [6, 6.07) is 0. The second-order valence-corrected chi connectivity index (χ2v) is 3.70. The van der Waals surface area contributed by atoms with Gasteiger partial charge in [0, 0.05) is 12.3 Å². The van der Waals surface area contributed by atoms with Crippen LogP contribution in [0.1, 0.15) is 26.7 Å². The lowest BCUT2D eigenvalue weighted by Crippen LogP contribution is -2.24. The monoisotopic (exact) mass is 202 g/mol. The van der Waals surface area contributed by atoms with Gasteiger partial charge in [-0.2, -0.15) is 0 Å². The molecule has 13 heavy (non-hydrogen) atoms. The third-order valence-corrected chi connectivity index (χ3v) is 2.88. The molecule has 0 aromatic rings. The summed E-state index contributed by atoms with van der Waals surface area (Å²) in [4.78, 5) is 0. The van der Waals surface area contributed by atoms with Crippen LogP contribution < -0.4 is 0 Å². The van der Waals surface area contributed by atoms with Gasteiger partial charge in [-0.25, -0.2) is 0 Å². The number of methoxy groups -OCH3 is 1. The lowest BCUT2D eigenvalue weighted by atomic mass is 9.89. The van der Waals surface area contributed by atoms with Gasteiger partial charge in [0.1, 0.15) is 5.17 Å². The Morgan fingerprint density at radius 1 is 1.62 bits per heavy atom. The number of halogens is 1. The van der Waals surface area contributed by atoms with E-state index in [0.29, 0.717) is 17.0 Å². The molecular formula is C9H15ClN2O. The molecule has 1 aliphatic heterocycles. The molecular weight excluding hydrogens is 188 g/mol. The lowest BCUT2D eigenvalue weighted by Gasteiger charge is -2.23. The minimum Gasteiger partial charge on any atom is -0.483 e. The van der Waals surface area contributed by atoms with Crippen LogP contribution in [-0.2, 0) is 4.74 Å². The van der Waals surface area contributed by atoms with Gasteiger partial charge < -0.3 is 4.74 Å². The van der Waals surface area contributed by atoms with E-state index in [4.69, 9.17) is 16.3 Å². The van der Waals surface area contributed by atoms with Crippen LogP contribution in [0.25, 0.3) is 0 Å². The van der Waals surface area contributed by atoms with E-state index < -0.39 is 0 Å². The van der Waals surface area contributed by atoms with Crippen molar-refractivity contribution < 1.29 is 4.74 Å². The number of nitrogens with zero attached hydrogens (tertiary/aromatic N) is 2. The molecule has 0 N–H and O–H groups in total. The van der Waals surface area contributed by atoms with Crippen LogP contribution in [0.2, 0.25) is 0 Å². The average Bonchev–Trinajstić information content (AvgIpc) is 2.17. The summed E-state index contributed by atoms with van der Waals surface area (Å²) >= 11 is 5.97. The molecule has 2 atom stereocenters. The van der Waals surface area contributed by atoms with Gasteiger partial charge in [-0.3, -0.25) is 0 Å². The molecule has 0 aromatic carbocycles. The minimum atomic E-state index is 0.277. The van der Waals surface area contributed by atoms with Crippen LogP contribution in [0.15, 0.2) is 10.2 Å². The second-order valence-electron chi connectivity index (χ2n) is 3.32. The van der Waals surface area contributed by atoms with Crippen molar-refractivity contribution in [3.63, 3.8) is 0 Å². The fraction of sp³-hybridized carbons (Fsp3) is 0.778. The Labute approximate surface area is 83.8 Å². The Morgan fingerprint density at radius 3 is 2.85 bits per heavy atom. The highest BCUT2D eigenvalue weighted by Crippen LogP contribution is 2.26. The van der Waals surface area contributed by atoms with Gasteiger partial charge in [0.25, 0.3) is 0 Å². The Balaban J connectivity index is 2.70. The molecule has 0 saturated heterocycles. The van der Waals surface area contributed by atoms with Crippen LogP contribution in [0.5, 0.6) is 0 Å². The van der Waals surface area contributed by atoms with Gasteiger partial charge in [0.2, 0.25) is 5.90 Å². The maximum absolute atomic E-state index is 5.97. The molecule has 3 nitrogen and oxygen atoms in total. The molecule has 0 bridgehead atoms. The van der Waals surface area contributed by atoms with E-state index in [9.17, 15) is 0 Å². The van der Waals surface area contributed by atoms with Crippen LogP contribution in [0.3, 0.4) is 0 Å². The van der Waals surface area contributed by atoms with Crippen LogP contribution in [0, 0.1) is 11.8 Å². The average molecular weight is 203 g/mol. The number of rotatable bonds is 2. The molecule has 4 heteroatoms. The van der Waals surface area contributed by atoms with Crippen molar-refractivity contribution in [2.45, 2.75) is 26.7 Å². The van der Waals surface area contributed by atoms with Crippen molar-refractivity contribution in [1.82, 2.24) is 0 Å². The third kappa shape index (κ3) is 2.44. The molecule has 0 aromatic heterocycles. The maximum Gasteiger partial charge on any atom is 0.208 e. The largest absolute Gasteiger partial charge is 0.483 e. The van der Waals surface area contributed by atoms with Gasteiger partial charge in [0.15, 0.2) is 0 Å². The summed E-state index contributed by atoms with van der Waals surface area (Å²) in [6.45, 7) is 4.31. The zero-order valence-electron chi connectivity index (χ0n) is 8.25. The molecule has 1 rings (SSSR count). The topological polar surface area (TPSA) is 34.0 Å². The first kappa shape index (κ1) is 10.5. The van der Waals surface area contributed by atoms with Gasteiger partial charge in [0.05, 0.1) is 7.11 Å². The summed E-state index contributed by atoms with van der Waals surface area (Å²) in [5.41, 5.74) is 0. The van der Waals surface area contributed by atoms with E-state index in [1.165, 1.54) is 0 Å². The predicted molar refractivity (Wildman–Crippen MR) is 55.3 cm³/mol. The van der Waals surface area contributed by atoms with Crippen LogP contribution >= 0.6 is 11.6 Å². The van der Waals surface area contributed by atoms with Crippen molar-refractivity contribution in [3.8, 4) is 0 Å². The van der Waals surface area contributed by atoms with Gasteiger partial charge >= 0.3 is 0 Å². The molecule has 0 aliphatic carbocycles. The summed E-state index contributed by atoms with van der Waals surface area (Å²) in [5, 5.41) is 8.33. The Kier molecular flexibility index (Phi) is 3.72. The maximum atomic E-state index is 5.97. The zero-order valence-corrected chi connectivity index (χ0v) is 9.01. The van der Waals surface area contributed by atoms with Crippen molar-refractivity contribution >= 4 is 22.7 Å². The summed E-state index contributed by atoms with van der Waals surface area (Å²) < 4.78 is 5.05. The summed E-state index contributed by atoms with van der Waals surface area (Å²) in [7, 11) is 1.61. The standard InChI is InChI=1S/C9H15ClN2O/c1-4-6(2)7-5-8(13-3)11-12-9(7)10/h6-7H,4-5H2,1-3H3. The highest BCUT2D eigenvalue weighted by Gasteiger charge is 2.26. The molecule has 0 spiro atoms. The normalized spacial score (nSPS) is 24.8. The predicted octanol–water partition coefficient (Wildman–Crippen LogP) is 2.65. The molecule has 74 valence electrons. The summed E-state index contributed by atoms with van der Waals surface area (Å²) in [5.74, 6) is 1.48. The van der Waals surface area contributed by atoms with Crippen LogP contribution in [0.4, 0.5) is 0 Å². The van der Waals surface area contributed by atoms with E-state index in [1.807, 2.05) is 0 Å². The molecule has 1 heterocycles. The van der Waals surface area contributed by atoms with Crippen molar-refractivity contribution in [2.75, 3.05) is 7.11 Å². The Morgan fingerprint density at radius 2 is 2.31 bits per heavy atom. The van der Waals surface area contributed by atoms with E-state index in [-0.39, 0.29) is 5.92 Å². The number of ether oxygens (including phenoxy) is 1. The first-order valence-electron chi connectivity index (χ1n) is 4.53. The van der Waals surface area contributed by atoms with Crippen molar-refractivity contribution in [2.24, 2.45) is 22.0 Å². The molecule has 2 unspecified atom stereocenters. The fourth-order valence-electron chi connectivity index (χ4n) is 1.34. The van der Waals surface area contributed by atoms with E-state index in [1.54, 1.807) is 7.11 Å². The molecule has 0 fully saturated rings. The Bertz CT molecular complexity index is 238. The smallest absolute Gasteiger partial charge is 0.208 e. The minimum absolute atomic E-state index is 0.277. The van der Waals surface area contributed by atoms with E-state index in [0.717, 1.165) is 12.8 Å². The molecule has 0 saturated carbocycles. The van der Waals surface area contributed by atoms with Gasteiger partial charge in [-0.15, -0.1) is 10.2 Å². The van der Waals surface area contributed by atoms with Crippen molar-refractivity contribution in [1.29, 1.82) is 0 Å². The summed E-state index contributed by atoms with van der Waals surface area (Å²) in [6.07, 6.45) is 1.86. The molecule has 0 amide bonds. The fourth-order valence-corrected chi connectivity index (χ4v) is 1.67. The van der Waals surface area contributed by atoms with Gasteiger partial charge in [-0.1, -0.05) is 31.9 Å². The zero-order chi connectivity index (χ0) is 9.84. The Hall–Kier alpha value is -0.570.